The summed E-state index contributed by atoms with van der Waals surface area (Å²) < 4.78 is 16.9. The lowest BCUT2D eigenvalue weighted by molar-refractivity contribution is -0.219. The van der Waals surface area contributed by atoms with Crippen molar-refractivity contribution in [1.29, 1.82) is 0 Å². The average molecular weight is 543 g/mol. The number of Topliss-reactive ketones (excluding diaryl/α,β-unsaturated/α-hetero) is 1. The molecule has 1 unspecified atom stereocenters. The van der Waals surface area contributed by atoms with E-state index in [-0.39, 0.29) is 18.1 Å². The first-order valence-electron chi connectivity index (χ1n) is 13.6. The Morgan fingerprint density at radius 1 is 1.15 bits per heavy atom. The van der Waals surface area contributed by atoms with Gasteiger partial charge in [0, 0.05) is 16.7 Å². The Labute approximate surface area is 228 Å². The summed E-state index contributed by atoms with van der Waals surface area (Å²) in [5.74, 6) is -3.31. The molecule has 0 aromatic heterocycles. The normalized spacial score (nSPS) is 41.2. The van der Waals surface area contributed by atoms with Crippen LogP contribution in [0.1, 0.15) is 64.9 Å². The molecule has 0 heterocycles. The lowest BCUT2D eigenvalue weighted by Crippen LogP contribution is -2.69. The molecule has 4 aliphatic carbocycles. The van der Waals surface area contributed by atoms with E-state index in [1.165, 1.54) is 12.2 Å². The third kappa shape index (κ3) is 4.14. The van der Waals surface area contributed by atoms with E-state index >= 15 is 4.39 Å². The molecule has 7 nitrogen and oxygen atoms in total. The number of benzene rings is 1. The minimum Gasteiger partial charge on any atom is -0.481 e. The van der Waals surface area contributed by atoms with Gasteiger partial charge in [0.15, 0.2) is 17.2 Å². The molecule has 4 aliphatic rings. The zero-order chi connectivity index (χ0) is 29.0. The highest BCUT2D eigenvalue weighted by molar-refractivity contribution is 6.01. The van der Waals surface area contributed by atoms with Gasteiger partial charge in [0.1, 0.15) is 12.2 Å². The summed E-state index contributed by atoms with van der Waals surface area (Å²) in [4.78, 5) is 34.9. The van der Waals surface area contributed by atoms with Crippen LogP contribution in [0.4, 0.5) is 4.39 Å². The maximum absolute atomic E-state index is 16.9. The van der Waals surface area contributed by atoms with Gasteiger partial charge in [-0.25, -0.2) is 4.39 Å². The maximum atomic E-state index is 16.9. The van der Waals surface area contributed by atoms with E-state index in [1.54, 1.807) is 33.8 Å². The topological polar surface area (TPSA) is 132 Å². The fraction of sp³-hybridized carbons (Fsp3) is 0.581. The lowest BCUT2D eigenvalue weighted by atomic mass is 9.44. The molecular formula is C31H39FO7. The van der Waals surface area contributed by atoms with Crippen molar-refractivity contribution in [3.63, 3.8) is 0 Å². The predicted octanol–water partition coefficient (Wildman–Crippen LogP) is 3.77. The van der Waals surface area contributed by atoms with Crippen molar-refractivity contribution < 1.29 is 39.2 Å². The largest absolute Gasteiger partial charge is 0.481 e. The number of allylic oxidation sites excluding steroid dienone is 4. The van der Waals surface area contributed by atoms with Crippen molar-refractivity contribution in [1.82, 2.24) is 0 Å². The van der Waals surface area contributed by atoms with Crippen molar-refractivity contribution in [2.75, 3.05) is 6.61 Å². The molecule has 9 atom stereocenters. The second-order valence-electron chi connectivity index (χ2n) is 12.2. The van der Waals surface area contributed by atoms with Crippen molar-refractivity contribution in [3.8, 4) is 0 Å². The second-order valence-corrected chi connectivity index (χ2v) is 12.2. The zero-order valence-electron chi connectivity index (χ0n) is 22.9. The number of carbonyl (C=O) groups excluding carboxylic acids is 2. The van der Waals surface area contributed by atoms with E-state index in [4.69, 9.17) is 5.11 Å². The number of rotatable bonds is 4. The number of aliphatic hydroxyl groups is 3. The van der Waals surface area contributed by atoms with E-state index in [0.717, 1.165) is 5.56 Å². The molecule has 3 fully saturated rings. The van der Waals surface area contributed by atoms with E-state index in [2.05, 4.69) is 0 Å². The molecule has 0 aliphatic heterocycles. The number of carboxylic acid groups (broad SMARTS) is 1. The Hall–Kier alpha value is -2.68. The van der Waals surface area contributed by atoms with Crippen LogP contribution in [-0.4, -0.2) is 61.9 Å². The van der Waals surface area contributed by atoms with Crippen LogP contribution in [-0.2, 0) is 14.4 Å². The fourth-order valence-corrected chi connectivity index (χ4v) is 8.15. The van der Waals surface area contributed by atoms with Crippen LogP contribution in [0.2, 0.25) is 0 Å². The molecule has 0 radical (unpaired) electrons. The third-order valence-electron chi connectivity index (χ3n) is 10.5. The minimum atomic E-state index is -1.98. The molecule has 212 valence electrons. The standard InChI is InChI=1S/C22H29FO5.C9H10O2/c1-12-8-16-15-5-4-13-9-14(25)6-7-19(13,2)21(15,23)17(26)10-20(16,3)22(12,28)18(27)11-24;1-7(9(10)11)8-5-3-2-4-6-8/h6-7,9,12,15-17,24,26,28H,4-5,8,10-11H2,1-3H3;2-7H,1H3,(H,10,11)/t12-,15+,16+,17+,19+,20+,21+,22+;/m1./s1. The smallest absolute Gasteiger partial charge is 0.310 e. The van der Waals surface area contributed by atoms with Crippen molar-refractivity contribution in [3.05, 3.63) is 59.7 Å². The molecule has 1 aromatic carbocycles. The number of hydrogen-bond acceptors (Lipinski definition) is 6. The third-order valence-corrected chi connectivity index (χ3v) is 10.5. The van der Waals surface area contributed by atoms with Gasteiger partial charge in [-0.2, -0.15) is 0 Å². The summed E-state index contributed by atoms with van der Waals surface area (Å²) >= 11 is 0. The average Bonchev–Trinajstić information content (AvgIpc) is 3.11. The molecule has 4 N–H and O–H groups in total. The zero-order valence-corrected chi connectivity index (χ0v) is 22.9. The van der Waals surface area contributed by atoms with Gasteiger partial charge in [-0.15, -0.1) is 0 Å². The molecule has 8 heteroatoms. The lowest BCUT2D eigenvalue weighted by Gasteiger charge is -2.62. The van der Waals surface area contributed by atoms with Crippen molar-refractivity contribution in [2.45, 2.75) is 76.7 Å². The van der Waals surface area contributed by atoms with Gasteiger partial charge in [-0.3, -0.25) is 14.4 Å². The van der Waals surface area contributed by atoms with Gasteiger partial charge in [-0.05, 0) is 69.1 Å². The van der Waals surface area contributed by atoms with Crippen LogP contribution in [0.3, 0.4) is 0 Å². The first kappa shape index (κ1) is 29.3. The Balaban J connectivity index is 0.000000270. The van der Waals surface area contributed by atoms with Gasteiger partial charge in [0.25, 0.3) is 0 Å². The van der Waals surface area contributed by atoms with E-state index in [9.17, 15) is 29.7 Å². The van der Waals surface area contributed by atoms with Crippen LogP contribution in [0.25, 0.3) is 0 Å². The van der Waals surface area contributed by atoms with Crippen LogP contribution < -0.4 is 0 Å². The Bertz CT molecular complexity index is 1210. The summed E-state index contributed by atoms with van der Waals surface area (Å²) in [7, 11) is 0. The highest BCUT2D eigenvalue weighted by Gasteiger charge is 2.75. The van der Waals surface area contributed by atoms with Gasteiger partial charge >= 0.3 is 5.97 Å². The van der Waals surface area contributed by atoms with Crippen LogP contribution in [0.5, 0.6) is 0 Å². The summed E-state index contributed by atoms with van der Waals surface area (Å²) in [6, 6.07) is 9.19. The number of carboxylic acids is 1. The van der Waals surface area contributed by atoms with Crippen LogP contribution in [0.15, 0.2) is 54.1 Å². The summed E-state index contributed by atoms with van der Waals surface area (Å²) in [6.07, 6.45) is 4.44. The Morgan fingerprint density at radius 2 is 1.79 bits per heavy atom. The minimum absolute atomic E-state index is 0.0676. The Morgan fingerprint density at radius 3 is 2.38 bits per heavy atom. The van der Waals surface area contributed by atoms with E-state index < -0.39 is 64.3 Å². The van der Waals surface area contributed by atoms with Crippen molar-refractivity contribution in [2.24, 2.45) is 28.6 Å². The summed E-state index contributed by atoms with van der Waals surface area (Å²) in [5, 5.41) is 40.6. The second kappa shape index (κ2) is 10.1. The quantitative estimate of drug-likeness (QED) is 0.455. The molecule has 0 saturated heterocycles. The molecule has 39 heavy (non-hydrogen) atoms. The molecule has 1 aromatic rings. The number of aliphatic carboxylic acids is 1. The Kier molecular flexibility index (Phi) is 7.56. The highest BCUT2D eigenvalue weighted by atomic mass is 19.1. The number of halogens is 1. The number of alkyl halides is 1. The number of aliphatic hydroxyl groups excluding tert-OH is 2. The highest BCUT2D eigenvalue weighted by Crippen LogP contribution is 2.70. The molecule has 0 amide bonds. The van der Waals surface area contributed by atoms with Gasteiger partial charge in [0.05, 0.1) is 12.0 Å². The molecule has 5 rings (SSSR count). The fourth-order valence-electron chi connectivity index (χ4n) is 8.15. The number of fused-ring (bicyclic) bond motifs is 5. The molecular weight excluding hydrogens is 503 g/mol. The maximum Gasteiger partial charge on any atom is 0.310 e. The first-order valence-corrected chi connectivity index (χ1v) is 13.6. The van der Waals surface area contributed by atoms with Crippen LogP contribution >= 0.6 is 0 Å². The number of hydrogen-bond donors (Lipinski definition) is 4. The monoisotopic (exact) mass is 542 g/mol. The molecule has 3 saturated carbocycles. The first-order chi connectivity index (χ1) is 18.2. The van der Waals surface area contributed by atoms with E-state index in [1.807, 2.05) is 30.3 Å². The van der Waals surface area contributed by atoms with E-state index in [0.29, 0.717) is 24.8 Å². The molecule has 0 bridgehead atoms. The van der Waals surface area contributed by atoms with Gasteiger partial charge in [0.2, 0.25) is 0 Å². The van der Waals surface area contributed by atoms with Gasteiger partial charge < -0.3 is 20.4 Å². The number of carbonyl (C=O) groups is 3. The van der Waals surface area contributed by atoms with Crippen molar-refractivity contribution >= 4 is 17.5 Å². The predicted molar refractivity (Wildman–Crippen MR) is 142 cm³/mol. The van der Waals surface area contributed by atoms with Crippen LogP contribution in [0, 0.1) is 28.6 Å². The molecule has 0 spiro atoms. The van der Waals surface area contributed by atoms with Gasteiger partial charge in [-0.1, -0.05) is 55.8 Å². The number of ketones is 2. The summed E-state index contributed by atoms with van der Waals surface area (Å²) in [6.45, 7) is 6.16. The summed E-state index contributed by atoms with van der Waals surface area (Å²) in [5.41, 5.74) is -4.32. The SMILES string of the molecule is CC(C(=O)O)c1ccccc1.C[C@@H]1C[C@H]2[C@@H]3CCC4=CC(=O)C=C[C@]4(C)[C@@]3(F)[C@@H](O)C[C@]2(C)[C@@]1(O)C(=O)CO.